The van der Waals surface area contributed by atoms with E-state index in [1.54, 1.807) is 6.07 Å². The summed E-state index contributed by atoms with van der Waals surface area (Å²) in [4.78, 5) is 6.98. The fourth-order valence-electron chi connectivity index (χ4n) is 3.77. The quantitative estimate of drug-likeness (QED) is 0.624. The molecule has 1 saturated heterocycles. The van der Waals surface area contributed by atoms with E-state index in [9.17, 15) is 5.21 Å². The van der Waals surface area contributed by atoms with E-state index < -0.39 is 0 Å². The van der Waals surface area contributed by atoms with Crippen LogP contribution in [0, 0.1) is 5.21 Å². The number of hydrogen-bond acceptors (Lipinski definition) is 7. The van der Waals surface area contributed by atoms with Crippen LogP contribution in [0.25, 0.3) is 11.1 Å². The van der Waals surface area contributed by atoms with Crippen molar-refractivity contribution >= 4 is 28.7 Å². The molecular weight excluding hydrogens is 376 g/mol. The van der Waals surface area contributed by atoms with Gasteiger partial charge in [-0.2, -0.15) is 0 Å². The summed E-state index contributed by atoms with van der Waals surface area (Å²) >= 11 is 0. The Hall–Kier alpha value is -3.55. The molecular formula is C23H23N6O-. The Bertz CT molecular complexity index is 1050. The van der Waals surface area contributed by atoms with Crippen molar-refractivity contribution in [3.8, 4) is 11.1 Å². The molecule has 0 spiro atoms. The second-order valence-corrected chi connectivity index (χ2v) is 7.35. The van der Waals surface area contributed by atoms with Crippen LogP contribution in [0.4, 0.5) is 22.7 Å². The van der Waals surface area contributed by atoms with E-state index in [0.29, 0.717) is 17.3 Å². The molecule has 2 aliphatic rings. The van der Waals surface area contributed by atoms with Crippen molar-refractivity contribution in [1.82, 2.24) is 10.7 Å². The molecule has 5 rings (SSSR count). The molecule has 0 aromatic heterocycles. The Morgan fingerprint density at radius 2 is 1.63 bits per heavy atom. The molecule has 2 heterocycles. The molecule has 7 heteroatoms. The van der Waals surface area contributed by atoms with Crippen LogP contribution in [0.3, 0.4) is 0 Å². The Balaban J connectivity index is 1.36. The van der Waals surface area contributed by atoms with Crippen LogP contribution in [0.2, 0.25) is 0 Å². The van der Waals surface area contributed by atoms with Gasteiger partial charge in [-0.25, -0.2) is 4.99 Å². The summed E-state index contributed by atoms with van der Waals surface area (Å²) < 4.78 is 0. The van der Waals surface area contributed by atoms with Crippen LogP contribution in [0.5, 0.6) is 0 Å². The summed E-state index contributed by atoms with van der Waals surface area (Å²) in [5, 5.41) is 19.8. The van der Waals surface area contributed by atoms with Crippen LogP contribution in [-0.2, 0) is 0 Å². The van der Waals surface area contributed by atoms with Gasteiger partial charge in [0.1, 0.15) is 0 Å². The number of nitrogens with one attached hydrogen (secondary N) is 3. The van der Waals surface area contributed by atoms with E-state index in [0.717, 1.165) is 48.2 Å². The fourth-order valence-corrected chi connectivity index (χ4v) is 3.77. The Labute approximate surface area is 175 Å². The third-order valence-corrected chi connectivity index (χ3v) is 5.35. The lowest BCUT2D eigenvalue weighted by Gasteiger charge is -2.36. The van der Waals surface area contributed by atoms with Crippen LogP contribution < -0.4 is 26.1 Å². The topological polar surface area (TPSA) is 78.0 Å². The minimum atomic E-state index is 0.401. The molecule has 0 aliphatic carbocycles. The molecule has 3 aromatic rings. The maximum atomic E-state index is 12.5. The molecule has 0 radical (unpaired) electrons. The lowest BCUT2D eigenvalue weighted by atomic mass is 10.0. The zero-order valence-corrected chi connectivity index (χ0v) is 16.5. The van der Waals surface area contributed by atoms with Gasteiger partial charge in [0.05, 0.1) is 11.4 Å². The largest absolute Gasteiger partial charge is 0.739 e. The van der Waals surface area contributed by atoms with E-state index in [-0.39, 0.29) is 0 Å². The van der Waals surface area contributed by atoms with Gasteiger partial charge in [0.25, 0.3) is 0 Å². The van der Waals surface area contributed by atoms with E-state index in [2.05, 4.69) is 38.1 Å². The minimum Gasteiger partial charge on any atom is -0.739 e. The molecule has 0 amide bonds. The highest BCUT2D eigenvalue weighted by molar-refractivity contribution is 6.00. The van der Waals surface area contributed by atoms with Crippen molar-refractivity contribution in [2.24, 2.45) is 4.99 Å². The Morgan fingerprint density at radius 1 is 0.867 bits per heavy atom. The Morgan fingerprint density at radius 3 is 2.40 bits per heavy atom. The first-order chi connectivity index (χ1) is 14.8. The first-order valence-electron chi connectivity index (χ1n) is 10.1. The molecule has 0 unspecified atom stereocenters. The van der Waals surface area contributed by atoms with E-state index in [1.807, 2.05) is 54.6 Å². The summed E-state index contributed by atoms with van der Waals surface area (Å²) in [6.07, 6.45) is 0. The Kier molecular flexibility index (Phi) is 4.96. The number of hydrogen-bond donors (Lipinski definition) is 3. The highest BCUT2D eigenvalue weighted by Crippen LogP contribution is 2.34. The van der Waals surface area contributed by atoms with Crippen molar-refractivity contribution in [2.45, 2.75) is 0 Å². The van der Waals surface area contributed by atoms with Crippen molar-refractivity contribution < 1.29 is 0 Å². The molecule has 7 nitrogen and oxygen atoms in total. The van der Waals surface area contributed by atoms with Gasteiger partial charge in [0.2, 0.25) is 5.96 Å². The third kappa shape index (κ3) is 3.80. The number of aliphatic imine (C=N–C) groups is 1. The summed E-state index contributed by atoms with van der Waals surface area (Å²) in [7, 11) is 0. The normalized spacial score (nSPS) is 15.8. The van der Waals surface area contributed by atoms with E-state index in [1.165, 1.54) is 5.69 Å². The lowest BCUT2D eigenvalue weighted by molar-refractivity contribution is 0.589. The summed E-state index contributed by atoms with van der Waals surface area (Å²) in [5.74, 6) is 0.401. The van der Waals surface area contributed by atoms with Crippen LogP contribution in [0.1, 0.15) is 0 Å². The highest BCUT2D eigenvalue weighted by Gasteiger charge is 2.15. The van der Waals surface area contributed by atoms with Gasteiger partial charge in [0, 0.05) is 37.6 Å². The number of piperazine rings is 1. The van der Waals surface area contributed by atoms with E-state index >= 15 is 0 Å². The summed E-state index contributed by atoms with van der Waals surface area (Å²) in [6, 6.07) is 23.9. The fraction of sp³-hybridized carbons (Fsp3) is 0.174. The predicted octanol–water partition coefficient (Wildman–Crippen LogP) is 3.69. The van der Waals surface area contributed by atoms with Crippen molar-refractivity contribution in [3.63, 3.8) is 0 Å². The van der Waals surface area contributed by atoms with Gasteiger partial charge in [-0.05, 0) is 47.5 Å². The molecule has 152 valence electrons. The zero-order valence-electron chi connectivity index (χ0n) is 16.5. The van der Waals surface area contributed by atoms with Gasteiger partial charge in [-0.3, -0.25) is 5.43 Å². The summed E-state index contributed by atoms with van der Waals surface area (Å²) in [6.45, 7) is 4.02. The molecule has 1 fully saturated rings. The standard InChI is InChI=1S/C23H23N6O/c30-29-22-11-6-18(17-4-2-1-3-5-17)16-21(22)26-23(27-29)25-19-7-9-20(10-8-19)28-14-12-24-13-15-28/h1-11,16,24H,12-15H2,(H2,25,26,27)/q-1. The molecule has 3 N–H and O–H groups in total. The number of hydrazine groups is 1. The smallest absolute Gasteiger partial charge is 0.219 e. The number of guanidine groups is 1. The number of fused-ring (bicyclic) bond motifs is 1. The summed E-state index contributed by atoms with van der Waals surface area (Å²) in [5.41, 5.74) is 8.06. The highest BCUT2D eigenvalue weighted by atomic mass is 16.5. The number of benzene rings is 3. The SMILES string of the molecule is [O-]N1NC(Nc2ccc(N3CCNCC3)cc2)=Nc2cc(-c3ccccc3)ccc21. The average Bonchev–Trinajstić information content (AvgIpc) is 2.80. The maximum Gasteiger partial charge on any atom is 0.219 e. The second kappa shape index (κ2) is 8.06. The van der Waals surface area contributed by atoms with Gasteiger partial charge < -0.3 is 25.9 Å². The predicted molar refractivity (Wildman–Crippen MR) is 123 cm³/mol. The van der Waals surface area contributed by atoms with Crippen molar-refractivity contribution in [3.05, 3.63) is 78.0 Å². The van der Waals surface area contributed by atoms with Gasteiger partial charge >= 0.3 is 0 Å². The van der Waals surface area contributed by atoms with Gasteiger partial charge in [0.15, 0.2) is 0 Å². The zero-order chi connectivity index (χ0) is 20.3. The molecule has 0 atom stereocenters. The maximum absolute atomic E-state index is 12.5. The third-order valence-electron chi connectivity index (χ3n) is 5.35. The van der Waals surface area contributed by atoms with Crippen molar-refractivity contribution in [2.75, 3.05) is 41.6 Å². The molecule has 0 bridgehead atoms. The van der Waals surface area contributed by atoms with E-state index in [4.69, 9.17) is 0 Å². The van der Waals surface area contributed by atoms with Gasteiger partial charge in [-0.15, -0.1) is 0 Å². The average molecular weight is 399 g/mol. The first-order valence-corrected chi connectivity index (χ1v) is 10.1. The minimum absolute atomic E-state index is 0.401. The molecule has 30 heavy (non-hydrogen) atoms. The molecule has 3 aromatic carbocycles. The van der Waals surface area contributed by atoms with Crippen LogP contribution in [-0.4, -0.2) is 32.1 Å². The molecule has 2 aliphatic heterocycles. The second-order valence-electron chi connectivity index (χ2n) is 7.35. The van der Waals surface area contributed by atoms with Crippen molar-refractivity contribution in [1.29, 1.82) is 0 Å². The molecule has 0 saturated carbocycles. The number of rotatable bonds is 3. The van der Waals surface area contributed by atoms with Gasteiger partial charge in [-0.1, -0.05) is 36.4 Å². The lowest BCUT2D eigenvalue weighted by Crippen LogP contribution is -2.44. The number of nitrogens with zero attached hydrogens (tertiary/aromatic N) is 3. The van der Waals surface area contributed by atoms with Crippen LogP contribution >= 0.6 is 0 Å². The van der Waals surface area contributed by atoms with Crippen LogP contribution in [0.15, 0.2) is 77.8 Å². The number of anilines is 3. The first kappa shape index (κ1) is 18.5. The monoisotopic (exact) mass is 399 g/mol.